The van der Waals surface area contributed by atoms with Crippen LogP contribution in [-0.4, -0.2) is 41.5 Å². The monoisotopic (exact) mass is 280 g/mol. The highest BCUT2D eigenvalue weighted by Gasteiger charge is 2.31. The predicted octanol–water partition coefficient (Wildman–Crippen LogP) is 1.56. The quantitative estimate of drug-likeness (QED) is 0.859. The van der Waals surface area contributed by atoms with Crippen molar-refractivity contribution in [2.24, 2.45) is 0 Å². The summed E-state index contributed by atoms with van der Waals surface area (Å²) < 4.78 is 7.25. The van der Waals surface area contributed by atoms with Gasteiger partial charge in [0.05, 0.1) is 17.9 Å². The molecule has 112 valence electrons. The molecule has 20 heavy (non-hydrogen) atoms. The van der Waals surface area contributed by atoms with E-state index in [1.54, 1.807) is 20.2 Å². The third kappa shape index (κ3) is 3.19. The van der Waals surface area contributed by atoms with E-state index in [4.69, 9.17) is 4.74 Å². The number of carbonyl (C=O) groups is 1. The van der Waals surface area contributed by atoms with E-state index in [1.807, 2.05) is 17.8 Å². The van der Waals surface area contributed by atoms with Gasteiger partial charge in [0.1, 0.15) is 5.60 Å². The maximum Gasteiger partial charge on any atom is 0.256 e. The first kappa shape index (κ1) is 15.0. The van der Waals surface area contributed by atoms with E-state index in [9.17, 15) is 4.79 Å². The Balaban J connectivity index is 2.00. The van der Waals surface area contributed by atoms with Crippen molar-refractivity contribution in [1.29, 1.82) is 0 Å². The van der Waals surface area contributed by atoms with Crippen LogP contribution in [0.2, 0.25) is 0 Å². The molecule has 0 saturated carbocycles. The number of anilines is 1. The molecule has 1 aromatic heterocycles. The van der Waals surface area contributed by atoms with Crippen LogP contribution in [0.15, 0.2) is 12.4 Å². The Labute approximate surface area is 119 Å². The molecule has 0 radical (unpaired) electrons. The van der Waals surface area contributed by atoms with Gasteiger partial charge in [-0.1, -0.05) is 6.92 Å². The van der Waals surface area contributed by atoms with Crippen molar-refractivity contribution < 1.29 is 9.53 Å². The zero-order valence-corrected chi connectivity index (χ0v) is 12.5. The highest BCUT2D eigenvalue weighted by Crippen LogP contribution is 2.21. The molecule has 1 unspecified atom stereocenters. The number of nitrogens with zero attached hydrogens (tertiary/aromatic N) is 2. The van der Waals surface area contributed by atoms with Gasteiger partial charge < -0.3 is 15.4 Å². The number of aromatic nitrogens is 2. The second-order valence-electron chi connectivity index (χ2n) is 5.43. The molecule has 1 saturated heterocycles. The minimum absolute atomic E-state index is 0.132. The second kappa shape index (κ2) is 6.37. The summed E-state index contributed by atoms with van der Waals surface area (Å²) in [4.78, 5) is 12.2. The average molecular weight is 280 g/mol. The highest BCUT2D eigenvalue weighted by atomic mass is 16.5. The number of ether oxygens (including phenoxy) is 1. The Morgan fingerprint density at radius 1 is 1.60 bits per heavy atom. The van der Waals surface area contributed by atoms with Gasteiger partial charge in [-0.3, -0.25) is 9.48 Å². The van der Waals surface area contributed by atoms with Crippen molar-refractivity contribution in [3.05, 3.63) is 12.4 Å². The SMILES string of the molecule is CCC(C)(OC)C(=O)Nc1cnn(C2CCNCC2)c1. The number of hydrogen-bond acceptors (Lipinski definition) is 4. The van der Waals surface area contributed by atoms with Crippen LogP contribution in [0.1, 0.15) is 39.2 Å². The molecule has 1 amide bonds. The molecule has 1 fully saturated rings. The Hall–Kier alpha value is -1.40. The van der Waals surface area contributed by atoms with Crippen LogP contribution in [0, 0.1) is 0 Å². The largest absolute Gasteiger partial charge is 0.369 e. The molecule has 1 atom stereocenters. The van der Waals surface area contributed by atoms with Crippen LogP contribution in [0.4, 0.5) is 5.69 Å². The van der Waals surface area contributed by atoms with E-state index in [2.05, 4.69) is 15.7 Å². The summed E-state index contributed by atoms with van der Waals surface area (Å²) in [7, 11) is 1.56. The maximum atomic E-state index is 12.2. The molecule has 2 rings (SSSR count). The molecule has 6 nitrogen and oxygen atoms in total. The summed E-state index contributed by atoms with van der Waals surface area (Å²) in [5.74, 6) is -0.132. The maximum absolute atomic E-state index is 12.2. The van der Waals surface area contributed by atoms with E-state index in [0.29, 0.717) is 12.5 Å². The molecular weight excluding hydrogens is 256 g/mol. The Bertz CT molecular complexity index is 448. The lowest BCUT2D eigenvalue weighted by Gasteiger charge is -2.25. The zero-order chi connectivity index (χ0) is 14.6. The molecule has 1 aliphatic rings. The molecule has 0 aliphatic carbocycles. The Morgan fingerprint density at radius 3 is 2.90 bits per heavy atom. The predicted molar refractivity (Wildman–Crippen MR) is 77.7 cm³/mol. The van der Waals surface area contributed by atoms with Crippen molar-refractivity contribution >= 4 is 11.6 Å². The highest BCUT2D eigenvalue weighted by molar-refractivity contribution is 5.96. The lowest BCUT2D eigenvalue weighted by molar-refractivity contribution is -0.136. The molecule has 2 N–H and O–H groups in total. The number of amides is 1. The van der Waals surface area contributed by atoms with Gasteiger partial charge >= 0.3 is 0 Å². The van der Waals surface area contributed by atoms with Gasteiger partial charge in [0, 0.05) is 13.3 Å². The summed E-state index contributed by atoms with van der Waals surface area (Å²) >= 11 is 0. The topological polar surface area (TPSA) is 68.2 Å². The van der Waals surface area contributed by atoms with Crippen LogP contribution in [-0.2, 0) is 9.53 Å². The van der Waals surface area contributed by atoms with Gasteiger partial charge in [-0.05, 0) is 39.3 Å². The molecule has 6 heteroatoms. The average Bonchev–Trinajstić information content (AvgIpc) is 2.95. The fraction of sp³-hybridized carbons (Fsp3) is 0.714. The van der Waals surface area contributed by atoms with Crippen molar-refractivity contribution in [2.75, 3.05) is 25.5 Å². The van der Waals surface area contributed by atoms with Gasteiger partial charge in [0.15, 0.2) is 0 Å². The smallest absolute Gasteiger partial charge is 0.256 e. The van der Waals surface area contributed by atoms with E-state index in [1.165, 1.54) is 0 Å². The van der Waals surface area contributed by atoms with Crippen molar-refractivity contribution in [3.63, 3.8) is 0 Å². The standard InChI is InChI=1S/C14H24N4O2/c1-4-14(2,20-3)13(19)17-11-9-16-18(10-11)12-5-7-15-8-6-12/h9-10,12,15H,4-8H2,1-3H3,(H,17,19). The third-order valence-corrected chi connectivity index (χ3v) is 4.15. The number of carbonyl (C=O) groups excluding carboxylic acids is 1. The molecule has 2 heterocycles. The van der Waals surface area contributed by atoms with Crippen LogP contribution >= 0.6 is 0 Å². The normalized spacial score (nSPS) is 19.6. The van der Waals surface area contributed by atoms with Crippen LogP contribution in [0.3, 0.4) is 0 Å². The summed E-state index contributed by atoms with van der Waals surface area (Å²) in [5, 5.41) is 10.6. The minimum Gasteiger partial charge on any atom is -0.369 e. The molecule has 0 aromatic carbocycles. The van der Waals surface area contributed by atoms with Gasteiger partial charge in [-0.15, -0.1) is 0 Å². The number of rotatable bonds is 5. The number of methoxy groups -OCH3 is 1. The Kier molecular flexibility index (Phi) is 4.77. The summed E-state index contributed by atoms with van der Waals surface area (Å²) in [6.45, 7) is 5.76. The van der Waals surface area contributed by atoms with Gasteiger partial charge in [-0.25, -0.2) is 0 Å². The Morgan fingerprint density at radius 2 is 2.30 bits per heavy atom. The number of piperidine rings is 1. The fourth-order valence-corrected chi connectivity index (χ4v) is 2.33. The molecule has 0 spiro atoms. The molecule has 1 aliphatic heterocycles. The first-order valence-electron chi connectivity index (χ1n) is 7.20. The van der Waals surface area contributed by atoms with E-state index >= 15 is 0 Å². The van der Waals surface area contributed by atoms with Crippen LogP contribution in [0.25, 0.3) is 0 Å². The van der Waals surface area contributed by atoms with E-state index < -0.39 is 5.60 Å². The summed E-state index contributed by atoms with van der Waals surface area (Å²) in [6.07, 6.45) is 6.36. The lowest BCUT2D eigenvalue weighted by Crippen LogP contribution is -2.41. The number of hydrogen-bond donors (Lipinski definition) is 2. The van der Waals surface area contributed by atoms with Crippen LogP contribution in [0.5, 0.6) is 0 Å². The van der Waals surface area contributed by atoms with Crippen LogP contribution < -0.4 is 10.6 Å². The first-order chi connectivity index (χ1) is 9.59. The van der Waals surface area contributed by atoms with Gasteiger partial charge in [-0.2, -0.15) is 5.10 Å². The van der Waals surface area contributed by atoms with E-state index in [0.717, 1.165) is 31.6 Å². The molecule has 1 aromatic rings. The first-order valence-corrected chi connectivity index (χ1v) is 7.20. The van der Waals surface area contributed by atoms with Crippen molar-refractivity contribution in [2.45, 2.75) is 44.8 Å². The lowest BCUT2D eigenvalue weighted by atomic mass is 10.0. The third-order valence-electron chi connectivity index (χ3n) is 4.15. The van der Waals surface area contributed by atoms with E-state index in [-0.39, 0.29) is 5.91 Å². The van der Waals surface area contributed by atoms with Crippen molar-refractivity contribution in [3.8, 4) is 0 Å². The minimum atomic E-state index is -0.795. The summed E-state index contributed by atoms with van der Waals surface area (Å²) in [5.41, 5.74) is -0.0677. The van der Waals surface area contributed by atoms with Gasteiger partial charge in [0.2, 0.25) is 0 Å². The molecule has 0 bridgehead atoms. The zero-order valence-electron chi connectivity index (χ0n) is 12.5. The number of nitrogens with one attached hydrogen (secondary N) is 2. The van der Waals surface area contributed by atoms with Gasteiger partial charge in [0.25, 0.3) is 5.91 Å². The van der Waals surface area contributed by atoms with Crippen molar-refractivity contribution in [1.82, 2.24) is 15.1 Å². The summed E-state index contributed by atoms with van der Waals surface area (Å²) in [6, 6.07) is 0.418. The second-order valence-corrected chi connectivity index (χ2v) is 5.43. The fourth-order valence-electron chi connectivity index (χ4n) is 2.33. The molecular formula is C14H24N4O2.